The molecule has 0 aromatic heterocycles. The Balaban J connectivity index is 1.70. The van der Waals surface area contributed by atoms with Crippen molar-refractivity contribution in [1.29, 1.82) is 0 Å². The highest BCUT2D eigenvalue weighted by atomic mass is 32.2. The minimum absolute atomic E-state index is 0.0107. The van der Waals surface area contributed by atoms with E-state index in [1.807, 2.05) is 13.8 Å². The van der Waals surface area contributed by atoms with Gasteiger partial charge in [-0.25, -0.2) is 12.8 Å². The second-order valence-corrected chi connectivity index (χ2v) is 12.8. The molecule has 3 aromatic rings. The van der Waals surface area contributed by atoms with Gasteiger partial charge in [-0.3, -0.25) is 13.9 Å². The fourth-order valence-electron chi connectivity index (χ4n) is 5.36. The Labute approximate surface area is 253 Å². The highest BCUT2D eigenvalue weighted by Crippen LogP contribution is 2.27. The number of ether oxygens (including phenoxy) is 1. The lowest BCUT2D eigenvalue weighted by Gasteiger charge is -2.34. The number of halogens is 1. The van der Waals surface area contributed by atoms with Gasteiger partial charge in [-0.05, 0) is 80.3 Å². The zero-order valence-corrected chi connectivity index (χ0v) is 25.8. The molecule has 1 saturated carbocycles. The summed E-state index contributed by atoms with van der Waals surface area (Å²) in [6.07, 6.45) is 5.29. The highest BCUT2D eigenvalue weighted by Gasteiger charge is 2.34. The molecule has 0 heterocycles. The quantitative estimate of drug-likeness (QED) is 0.289. The molecule has 1 atom stereocenters. The summed E-state index contributed by atoms with van der Waals surface area (Å²) in [5, 5.41) is 3.12. The summed E-state index contributed by atoms with van der Waals surface area (Å²) in [4.78, 5) is 29.2. The Bertz CT molecular complexity index is 1470. The van der Waals surface area contributed by atoms with Crippen LogP contribution in [0.4, 0.5) is 10.1 Å². The monoisotopic (exact) mass is 609 g/mol. The Kier molecular flexibility index (Phi) is 10.8. The minimum atomic E-state index is -4.18. The number of aryl methyl sites for hydroxylation is 1. The van der Waals surface area contributed by atoms with Crippen molar-refractivity contribution in [2.24, 2.45) is 0 Å². The molecule has 2 amide bonds. The van der Waals surface area contributed by atoms with E-state index in [2.05, 4.69) is 5.32 Å². The molecule has 1 N–H and O–H groups in total. The van der Waals surface area contributed by atoms with Gasteiger partial charge in [0.1, 0.15) is 24.2 Å². The van der Waals surface area contributed by atoms with Gasteiger partial charge < -0.3 is 15.0 Å². The molecule has 1 unspecified atom stereocenters. The molecule has 230 valence electrons. The topological polar surface area (TPSA) is 96.0 Å². The van der Waals surface area contributed by atoms with Crippen molar-refractivity contribution in [3.63, 3.8) is 0 Å². The van der Waals surface area contributed by atoms with Crippen molar-refractivity contribution < 1.29 is 27.1 Å². The number of sulfonamides is 1. The molecule has 4 rings (SSSR count). The van der Waals surface area contributed by atoms with Crippen LogP contribution in [-0.4, -0.2) is 50.9 Å². The Morgan fingerprint density at radius 1 is 0.953 bits per heavy atom. The van der Waals surface area contributed by atoms with Gasteiger partial charge in [-0.15, -0.1) is 0 Å². The lowest BCUT2D eigenvalue weighted by atomic mass is 9.95. The van der Waals surface area contributed by atoms with Crippen LogP contribution in [0.2, 0.25) is 0 Å². The first-order valence-corrected chi connectivity index (χ1v) is 16.1. The molecule has 1 aliphatic carbocycles. The number of hydrogen-bond donors (Lipinski definition) is 1. The van der Waals surface area contributed by atoms with E-state index in [1.54, 1.807) is 48.5 Å². The zero-order valence-electron chi connectivity index (χ0n) is 25.0. The summed E-state index contributed by atoms with van der Waals surface area (Å²) in [5.41, 5.74) is 1.79. The molecule has 0 saturated heterocycles. The average molecular weight is 610 g/mol. The van der Waals surface area contributed by atoms with Crippen LogP contribution >= 0.6 is 0 Å². The van der Waals surface area contributed by atoms with Gasteiger partial charge in [0.05, 0.1) is 17.7 Å². The van der Waals surface area contributed by atoms with E-state index in [1.165, 1.54) is 36.3 Å². The summed E-state index contributed by atoms with van der Waals surface area (Å²) < 4.78 is 48.0. The molecule has 0 bridgehead atoms. The maximum atomic E-state index is 14.2. The maximum Gasteiger partial charge on any atom is 0.264 e. The van der Waals surface area contributed by atoms with Crippen LogP contribution in [0.5, 0.6) is 5.75 Å². The van der Waals surface area contributed by atoms with E-state index in [-0.39, 0.29) is 29.1 Å². The zero-order chi connectivity index (χ0) is 31.0. The van der Waals surface area contributed by atoms with Crippen LogP contribution < -0.4 is 14.4 Å². The third-order valence-corrected chi connectivity index (χ3v) is 9.64. The second kappa shape index (κ2) is 14.5. The van der Waals surface area contributed by atoms with Crippen molar-refractivity contribution in [2.75, 3.05) is 18.0 Å². The molecule has 1 aliphatic rings. The number of nitrogens with one attached hydrogen (secondary N) is 1. The molecule has 8 nitrogen and oxygen atoms in total. The second-order valence-electron chi connectivity index (χ2n) is 10.9. The molecule has 43 heavy (non-hydrogen) atoms. The first-order chi connectivity index (χ1) is 20.6. The summed E-state index contributed by atoms with van der Waals surface area (Å²) in [6.45, 7) is 3.14. The first kappa shape index (κ1) is 32.0. The maximum absolute atomic E-state index is 14.2. The minimum Gasteiger partial charge on any atom is -0.497 e. The number of carbonyl (C=O) groups is 2. The number of hydrogen-bond acceptors (Lipinski definition) is 5. The highest BCUT2D eigenvalue weighted by molar-refractivity contribution is 7.92. The van der Waals surface area contributed by atoms with Crippen molar-refractivity contribution in [3.8, 4) is 5.75 Å². The van der Waals surface area contributed by atoms with Gasteiger partial charge in [0.15, 0.2) is 0 Å². The number of rotatable bonds is 12. The van der Waals surface area contributed by atoms with Crippen LogP contribution in [-0.2, 0) is 26.2 Å². The predicted octanol–water partition coefficient (Wildman–Crippen LogP) is 5.59. The molecule has 1 fully saturated rings. The summed E-state index contributed by atoms with van der Waals surface area (Å²) >= 11 is 0. The lowest BCUT2D eigenvalue weighted by molar-refractivity contribution is -0.140. The van der Waals surface area contributed by atoms with Crippen LogP contribution in [0.3, 0.4) is 0 Å². The summed E-state index contributed by atoms with van der Waals surface area (Å²) in [7, 11) is -2.67. The molecule has 10 heteroatoms. The van der Waals surface area contributed by atoms with E-state index < -0.39 is 34.3 Å². The van der Waals surface area contributed by atoms with Gasteiger partial charge in [0, 0.05) is 12.6 Å². The fraction of sp³-hybridized carbons (Fsp3) is 0.394. The molecule has 0 spiro atoms. The standard InChI is InChI=1S/C33H40FN3O5S/c1-4-31(33(39)35-27-8-6-5-7-9-27)36(22-25-12-14-26(34)15-13-25)32(38)23-37(28-16-18-29(42-3)19-17-28)43(40,41)30-20-10-24(2)11-21-30/h10-21,27,31H,4-9,22-23H2,1-3H3,(H,35,39). The van der Waals surface area contributed by atoms with Crippen molar-refractivity contribution >= 4 is 27.5 Å². The van der Waals surface area contributed by atoms with Gasteiger partial charge in [-0.2, -0.15) is 0 Å². The predicted molar refractivity (Wildman–Crippen MR) is 165 cm³/mol. The molecular formula is C33H40FN3O5S. The smallest absolute Gasteiger partial charge is 0.264 e. The summed E-state index contributed by atoms with van der Waals surface area (Å²) in [5.74, 6) is -0.714. The molecule has 0 radical (unpaired) electrons. The average Bonchev–Trinajstić information content (AvgIpc) is 3.01. The normalized spacial score (nSPS) is 14.5. The van der Waals surface area contributed by atoms with Gasteiger partial charge in [-0.1, -0.05) is 56.0 Å². The number of amides is 2. The van der Waals surface area contributed by atoms with E-state index in [0.717, 1.165) is 42.0 Å². The van der Waals surface area contributed by atoms with Crippen LogP contribution in [0, 0.1) is 12.7 Å². The van der Waals surface area contributed by atoms with E-state index in [4.69, 9.17) is 4.74 Å². The third-order valence-electron chi connectivity index (χ3n) is 7.85. The van der Waals surface area contributed by atoms with Gasteiger partial charge in [0.25, 0.3) is 10.0 Å². The van der Waals surface area contributed by atoms with E-state index in [9.17, 15) is 22.4 Å². The number of anilines is 1. The molecule has 0 aliphatic heterocycles. The SMILES string of the molecule is CCC(C(=O)NC1CCCCC1)N(Cc1ccc(F)cc1)C(=O)CN(c1ccc(OC)cc1)S(=O)(=O)c1ccc(C)cc1. The first-order valence-electron chi connectivity index (χ1n) is 14.7. The van der Waals surface area contributed by atoms with Gasteiger partial charge in [0.2, 0.25) is 11.8 Å². The van der Waals surface area contributed by atoms with Crippen molar-refractivity contribution in [1.82, 2.24) is 10.2 Å². The number of methoxy groups -OCH3 is 1. The molecule has 3 aromatic carbocycles. The van der Waals surface area contributed by atoms with Crippen LogP contribution in [0.1, 0.15) is 56.6 Å². The Morgan fingerprint density at radius 3 is 2.16 bits per heavy atom. The molecular weight excluding hydrogens is 569 g/mol. The lowest BCUT2D eigenvalue weighted by Crippen LogP contribution is -2.54. The van der Waals surface area contributed by atoms with Crippen LogP contribution in [0.15, 0.2) is 77.7 Å². The number of carbonyl (C=O) groups excluding carboxylic acids is 2. The van der Waals surface area contributed by atoms with E-state index >= 15 is 0 Å². The Hall–Kier alpha value is -3.92. The summed E-state index contributed by atoms with van der Waals surface area (Å²) in [6, 6.07) is 17.7. The third kappa shape index (κ3) is 8.13. The Morgan fingerprint density at radius 2 is 1.58 bits per heavy atom. The van der Waals surface area contributed by atoms with Crippen molar-refractivity contribution in [3.05, 3.63) is 89.7 Å². The van der Waals surface area contributed by atoms with E-state index in [0.29, 0.717) is 17.7 Å². The van der Waals surface area contributed by atoms with Crippen LogP contribution in [0.25, 0.3) is 0 Å². The largest absolute Gasteiger partial charge is 0.497 e. The number of benzene rings is 3. The number of nitrogens with zero attached hydrogens (tertiary/aromatic N) is 2. The van der Waals surface area contributed by atoms with Crippen molar-refractivity contribution in [2.45, 2.75) is 75.9 Å². The van der Waals surface area contributed by atoms with Gasteiger partial charge >= 0.3 is 0 Å². The fourth-order valence-corrected chi connectivity index (χ4v) is 6.78.